The van der Waals surface area contributed by atoms with Crippen LogP contribution in [0.1, 0.15) is 75.4 Å². The van der Waals surface area contributed by atoms with Crippen LogP contribution in [0.4, 0.5) is 0 Å². The van der Waals surface area contributed by atoms with Crippen LogP contribution in [-0.2, 0) is 19.1 Å². The highest BCUT2D eigenvalue weighted by molar-refractivity contribution is 6.04. The molecule has 8 nitrogen and oxygen atoms in total. The summed E-state index contributed by atoms with van der Waals surface area (Å²) >= 11 is 0. The van der Waals surface area contributed by atoms with Crippen molar-refractivity contribution in [2.24, 2.45) is 0 Å². The number of benzene rings is 1. The van der Waals surface area contributed by atoms with Crippen molar-refractivity contribution in [1.29, 1.82) is 0 Å². The van der Waals surface area contributed by atoms with Crippen molar-refractivity contribution in [3.63, 3.8) is 0 Å². The van der Waals surface area contributed by atoms with Crippen LogP contribution in [0.2, 0.25) is 0 Å². The Bertz CT molecular complexity index is 1310. The van der Waals surface area contributed by atoms with E-state index in [0.717, 1.165) is 24.1 Å². The molecule has 1 aromatic carbocycles. The summed E-state index contributed by atoms with van der Waals surface area (Å²) in [5.74, 6) is 1.43. The lowest BCUT2D eigenvalue weighted by Gasteiger charge is -2.36. The van der Waals surface area contributed by atoms with E-state index in [4.69, 9.17) is 23.4 Å². The Hall–Kier alpha value is -3.52. The van der Waals surface area contributed by atoms with E-state index in [2.05, 4.69) is 5.32 Å². The largest absolute Gasteiger partial charge is 0.493 e. The van der Waals surface area contributed by atoms with E-state index in [1.807, 2.05) is 58.0 Å². The number of rotatable bonds is 8. The highest BCUT2D eigenvalue weighted by Gasteiger charge is 2.43. The monoisotopic (exact) mass is 535 g/mol. The number of Topliss-reactive ketones (excluding diaryl/α,β-unsaturated/α-hetero) is 1. The highest BCUT2D eigenvalue weighted by atomic mass is 16.6. The van der Waals surface area contributed by atoms with E-state index < -0.39 is 11.9 Å². The van der Waals surface area contributed by atoms with Crippen LogP contribution in [0.3, 0.4) is 0 Å². The molecular formula is C31H37NO7. The molecule has 0 radical (unpaired) electrons. The van der Waals surface area contributed by atoms with E-state index >= 15 is 0 Å². The van der Waals surface area contributed by atoms with Gasteiger partial charge in [0.2, 0.25) is 0 Å². The minimum Gasteiger partial charge on any atom is -0.493 e. The Kier molecular flexibility index (Phi) is 7.84. The molecule has 0 unspecified atom stereocenters. The summed E-state index contributed by atoms with van der Waals surface area (Å²) in [6.07, 6.45) is 2.68. The quantitative estimate of drug-likeness (QED) is 0.445. The zero-order chi connectivity index (χ0) is 27.7. The first-order chi connectivity index (χ1) is 18.7. The molecule has 1 aromatic heterocycles. The predicted octanol–water partition coefficient (Wildman–Crippen LogP) is 5.47. The maximum Gasteiger partial charge on any atom is 0.336 e. The first-order valence-electron chi connectivity index (χ1n) is 13.7. The number of carbonyl (C=O) groups is 2. The fourth-order valence-corrected chi connectivity index (χ4v) is 5.75. The summed E-state index contributed by atoms with van der Waals surface area (Å²) in [5, 5.41) is 3.39. The lowest BCUT2D eigenvalue weighted by atomic mass is 9.73. The molecule has 0 bridgehead atoms. The topological polar surface area (TPSA) is 96.2 Å². The predicted molar refractivity (Wildman–Crippen MR) is 145 cm³/mol. The van der Waals surface area contributed by atoms with Crippen molar-refractivity contribution in [2.45, 2.75) is 77.4 Å². The van der Waals surface area contributed by atoms with Crippen molar-refractivity contribution < 1.29 is 33.0 Å². The van der Waals surface area contributed by atoms with Crippen LogP contribution >= 0.6 is 0 Å². The summed E-state index contributed by atoms with van der Waals surface area (Å²) in [5.41, 5.74) is 3.45. The van der Waals surface area contributed by atoms with Crippen molar-refractivity contribution in [2.75, 3.05) is 20.3 Å². The Morgan fingerprint density at radius 1 is 1.13 bits per heavy atom. The van der Waals surface area contributed by atoms with Gasteiger partial charge in [-0.1, -0.05) is 6.07 Å². The summed E-state index contributed by atoms with van der Waals surface area (Å²) in [6, 6.07) is 9.54. The van der Waals surface area contributed by atoms with Gasteiger partial charge in [-0.15, -0.1) is 0 Å². The average Bonchev–Trinajstić information content (AvgIpc) is 3.58. The van der Waals surface area contributed by atoms with E-state index in [1.165, 1.54) is 0 Å². The molecule has 5 rings (SSSR count). The molecule has 0 saturated carbocycles. The molecular weight excluding hydrogens is 498 g/mol. The lowest BCUT2D eigenvalue weighted by Crippen LogP contribution is -2.36. The molecule has 2 aliphatic heterocycles. The van der Waals surface area contributed by atoms with Gasteiger partial charge in [-0.3, -0.25) is 4.79 Å². The number of hydrogen-bond acceptors (Lipinski definition) is 8. The molecule has 208 valence electrons. The van der Waals surface area contributed by atoms with Gasteiger partial charge in [-0.25, -0.2) is 4.79 Å². The maximum absolute atomic E-state index is 13.8. The highest BCUT2D eigenvalue weighted by Crippen LogP contribution is 2.47. The molecule has 8 heteroatoms. The first-order valence-corrected chi connectivity index (χ1v) is 13.7. The second kappa shape index (κ2) is 11.3. The second-order valence-corrected chi connectivity index (χ2v) is 10.8. The average molecular weight is 536 g/mol. The van der Waals surface area contributed by atoms with Gasteiger partial charge in [0.15, 0.2) is 17.3 Å². The van der Waals surface area contributed by atoms with Crippen molar-refractivity contribution in [3.05, 3.63) is 70.0 Å². The smallest absolute Gasteiger partial charge is 0.336 e. The Morgan fingerprint density at radius 3 is 2.62 bits per heavy atom. The molecule has 3 heterocycles. The first kappa shape index (κ1) is 27.1. The van der Waals surface area contributed by atoms with Crippen LogP contribution in [0.25, 0.3) is 0 Å². The number of hydrogen-bond donors (Lipinski definition) is 1. The molecule has 1 fully saturated rings. The Labute approximate surface area is 229 Å². The number of aryl methyl sites for hydroxylation is 1. The normalized spacial score (nSPS) is 23.1. The van der Waals surface area contributed by atoms with Crippen LogP contribution in [-0.4, -0.2) is 44.3 Å². The number of dihydropyridines is 1. The van der Waals surface area contributed by atoms with Crippen molar-refractivity contribution in [3.8, 4) is 11.5 Å². The van der Waals surface area contributed by atoms with Gasteiger partial charge < -0.3 is 28.7 Å². The second-order valence-electron chi connectivity index (χ2n) is 10.8. The zero-order valence-corrected chi connectivity index (χ0v) is 23.3. The third kappa shape index (κ3) is 5.62. The molecule has 0 spiro atoms. The molecule has 3 atom stereocenters. The molecule has 1 saturated heterocycles. The molecule has 1 aliphatic carbocycles. The molecule has 3 aliphatic rings. The van der Waals surface area contributed by atoms with Gasteiger partial charge in [0.1, 0.15) is 18.1 Å². The third-order valence-electron chi connectivity index (χ3n) is 7.54. The van der Waals surface area contributed by atoms with E-state index in [1.54, 1.807) is 7.11 Å². The molecule has 2 aromatic rings. The van der Waals surface area contributed by atoms with Gasteiger partial charge in [-0.05, 0) is 82.7 Å². The summed E-state index contributed by atoms with van der Waals surface area (Å²) in [7, 11) is 1.62. The zero-order valence-electron chi connectivity index (χ0n) is 23.3. The van der Waals surface area contributed by atoms with E-state index in [9.17, 15) is 9.59 Å². The molecule has 39 heavy (non-hydrogen) atoms. The maximum atomic E-state index is 13.8. The van der Waals surface area contributed by atoms with Crippen LogP contribution in [0.15, 0.2) is 57.3 Å². The van der Waals surface area contributed by atoms with E-state index in [0.29, 0.717) is 59.3 Å². The minimum absolute atomic E-state index is 0.0173. The molecule has 0 amide bonds. The van der Waals surface area contributed by atoms with Gasteiger partial charge in [0.05, 0.1) is 30.8 Å². The van der Waals surface area contributed by atoms with Crippen molar-refractivity contribution in [1.82, 2.24) is 5.32 Å². The number of allylic oxidation sites excluding steroid dienone is 3. The Morgan fingerprint density at radius 2 is 1.95 bits per heavy atom. The number of methoxy groups -OCH3 is 1. The minimum atomic E-state index is -0.628. The van der Waals surface area contributed by atoms with Gasteiger partial charge in [-0.2, -0.15) is 0 Å². The van der Waals surface area contributed by atoms with Gasteiger partial charge >= 0.3 is 5.97 Å². The third-order valence-corrected chi connectivity index (χ3v) is 7.54. The van der Waals surface area contributed by atoms with Crippen LogP contribution < -0.4 is 14.8 Å². The number of ether oxygens (including phenoxy) is 4. The summed E-state index contributed by atoms with van der Waals surface area (Å²) < 4.78 is 28.8. The number of carbonyl (C=O) groups excluding carboxylic acids is 2. The summed E-state index contributed by atoms with van der Waals surface area (Å²) in [4.78, 5) is 27.2. The van der Waals surface area contributed by atoms with Crippen LogP contribution in [0.5, 0.6) is 11.5 Å². The Balaban J connectivity index is 1.45. The van der Waals surface area contributed by atoms with Gasteiger partial charge in [0.25, 0.3) is 0 Å². The van der Waals surface area contributed by atoms with Gasteiger partial charge in [0, 0.05) is 30.0 Å². The standard InChI is InChI=1S/C31H37NO7/c1-17(2)38-25-11-9-20(15-27(25)35-5)21-13-23-29(24(33)14-21)30(26-10-8-18(3)39-26)28(19(4)32-23)31(34)37-16-22-7-6-12-36-22/h8-11,15,17,21-22,30,32H,6-7,12-14,16H2,1-5H3/t21-,22+,30-/m1/s1. The number of ketones is 1. The fraction of sp³-hybridized carbons (Fsp3) is 0.484. The van der Waals surface area contributed by atoms with Crippen LogP contribution in [0, 0.1) is 6.92 Å². The number of nitrogens with one attached hydrogen (secondary N) is 1. The lowest BCUT2D eigenvalue weighted by molar-refractivity contribution is -0.142. The number of furan rings is 1. The fourth-order valence-electron chi connectivity index (χ4n) is 5.75. The van der Waals surface area contributed by atoms with Crippen molar-refractivity contribution >= 4 is 11.8 Å². The SMILES string of the molecule is COc1cc([C@H]2CC(=O)C3=C(C2)NC(C)=C(C(=O)OC[C@@H]2CCCO2)[C@H]3c2ccc(C)o2)ccc1OC(C)C. The number of esters is 1. The van der Waals surface area contributed by atoms with E-state index in [-0.39, 0.29) is 30.5 Å². The summed E-state index contributed by atoms with van der Waals surface area (Å²) in [6.45, 7) is 8.52. The molecule has 1 N–H and O–H groups in total.